The number of aryl methyl sites for hydroxylation is 1. The summed E-state index contributed by atoms with van der Waals surface area (Å²) < 4.78 is 1.95. The topological polar surface area (TPSA) is 43.3 Å². The predicted octanol–water partition coefficient (Wildman–Crippen LogP) is 0.539. The zero-order valence-corrected chi connectivity index (χ0v) is 8.00. The molecule has 5 heteroatoms. The van der Waals surface area contributed by atoms with Crippen LogP contribution in [0.4, 0.5) is 0 Å². The summed E-state index contributed by atoms with van der Waals surface area (Å²) in [6, 6.07) is 0. The first-order chi connectivity index (χ1) is 5.11. The molecule has 0 atom stereocenters. The molecule has 1 rings (SSSR count). The Morgan fingerprint density at radius 2 is 2.45 bits per heavy atom. The van der Waals surface area contributed by atoms with Crippen LogP contribution in [0.2, 0.25) is 0 Å². The number of aromatic nitrogens is 1. The zero-order chi connectivity index (χ0) is 8.43. The van der Waals surface area contributed by atoms with E-state index in [0.717, 1.165) is 10.5 Å². The lowest BCUT2D eigenvalue weighted by atomic mass is 10.6. The number of hydrogen-bond acceptors (Lipinski definition) is 2. The van der Waals surface area contributed by atoms with Gasteiger partial charge in [-0.25, -0.2) is 0 Å². The van der Waals surface area contributed by atoms with Crippen LogP contribution in [0.3, 0.4) is 0 Å². The van der Waals surface area contributed by atoms with Gasteiger partial charge in [0.1, 0.15) is 0 Å². The van der Waals surface area contributed by atoms with Gasteiger partial charge in [-0.1, -0.05) is 0 Å². The van der Waals surface area contributed by atoms with Crippen molar-refractivity contribution in [1.82, 2.24) is 4.57 Å². The highest BCUT2D eigenvalue weighted by molar-refractivity contribution is 7.80. The Bertz CT molecular complexity index is 334. The Balaban J connectivity index is 3.25. The smallest absolute Gasteiger partial charge is 0.192 e. The number of nitrogens with two attached hydrogens (primary N) is 1. The lowest BCUT2D eigenvalue weighted by Gasteiger charge is -1.92. The molecule has 1 aromatic heterocycles. The molecule has 0 spiro atoms. The van der Waals surface area contributed by atoms with Crippen molar-refractivity contribution in [2.24, 2.45) is 17.8 Å². The Kier molecular flexibility index (Phi) is 2.41. The van der Waals surface area contributed by atoms with Crippen molar-refractivity contribution in [3.63, 3.8) is 0 Å². The summed E-state index contributed by atoms with van der Waals surface area (Å²) in [5.74, 6) is 0. The van der Waals surface area contributed by atoms with E-state index >= 15 is 0 Å². The summed E-state index contributed by atoms with van der Waals surface area (Å²) >= 11 is 6.18. The molecular weight excluding hydrogens is 178 g/mol. The second-order valence-electron chi connectivity index (χ2n) is 2.17. The second kappa shape index (κ2) is 3.15. The van der Waals surface area contributed by atoms with Gasteiger partial charge in [-0.2, -0.15) is 4.99 Å². The van der Waals surface area contributed by atoms with Gasteiger partial charge in [0.05, 0.1) is 0 Å². The number of rotatable bonds is 0. The summed E-state index contributed by atoms with van der Waals surface area (Å²) in [7, 11) is 1.93. The van der Waals surface area contributed by atoms with Crippen molar-refractivity contribution >= 4 is 28.7 Å². The minimum Gasteiger partial charge on any atom is -0.374 e. The van der Waals surface area contributed by atoms with E-state index in [1.54, 1.807) is 0 Å². The van der Waals surface area contributed by atoms with Crippen LogP contribution in [0, 0.1) is 6.92 Å². The SMILES string of the molecule is Cc1cs/c(=N\C(N)=S)n1C. The van der Waals surface area contributed by atoms with E-state index in [1.807, 2.05) is 23.9 Å². The van der Waals surface area contributed by atoms with Crippen LogP contribution in [-0.4, -0.2) is 9.68 Å². The van der Waals surface area contributed by atoms with E-state index in [-0.39, 0.29) is 5.11 Å². The third kappa shape index (κ3) is 1.87. The van der Waals surface area contributed by atoms with E-state index < -0.39 is 0 Å². The third-order valence-electron chi connectivity index (χ3n) is 1.36. The van der Waals surface area contributed by atoms with Crippen molar-refractivity contribution in [2.75, 3.05) is 0 Å². The van der Waals surface area contributed by atoms with Crippen molar-refractivity contribution in [3.8, 4) is 0 Å². The molecule has 3 nitrogen and oxygen atoms in total. The molecule has 0 saturated heterocycles. The number of hydrogen-bond donors (Lipinski definition) is 1. The Labute approximate surface area is 74.2 Å². The van der Waals surface area contributed by atoms with Crippen molar-refractivity contribution in [3.05, 3.63) is 15.9 Å². The number of nitrogens with zero attached hydrogens (tertiary/aromatic N) is 2. The highest BCUT2D eigenvalue weighted by Gasteiger charge is 1.93. The van der Waals surface area contributed by atoms with Crippen LogP contribution in [-0.2, 0) is 7.05 Å². The Hall–Kier alpha value is -0.680. The van der Waals surface area contributed by atoms with Gasteiger partial charge in [0.25, 0.3) is 0 Å². The maximum absolute atomic E-state index is 5.26. The quantitative estimate of drug-likeness (QED) is 0.602. The lowest BCUT2D eigenvalue weighted by Crippen LogP contribution is -2.17. The van der Waals surface area contributed by atoms with E-state index in [2.05, 4.69) is 17.2 Å². The van der Waals surface area contributed by atoms with E-state index in [0.29, 0.717) is 0 Å². The molecule has 1 aromatic rings. The van der Waals surface area contributed by atoms with Crippen LogP contribution in [0.25, 0.3) is 0 Å². The molecule has 1 heterocycles. The van der Waals surface area contributed by atoms with Gasteiger partial charge >= 0.3 is 0 Å². The van der Waals surface area contributed by atoms with Crippen LogP contribution in [0.15, 0.2) is 10.4 Å². The molecule has 0 fully saturated rings. The zero-order valence-electron chi connectivity index (χ0n) is 6.37. The second-order valence-corrected chi connectivity index (χ2v) is 3.42. The largest absolute Gasteiger partial charge is 0.374 e. The molecular formula is C6H9N3S2. The fourth-order valence-corrected chi connectivity index (χ4v) is 1.67. The first-order valence-corrected chi connectivity index (χ1v) is 4.35. The maximum atomic E-state index is 5.26. The predicted molar refractivity (Wildman–Crippen MR) is 50.4 cm³/mol. The third-order valence-corrected chi connectivity index (χ3v) is 2.48. The van der Waals surface area contributed by atoms with Gasteiger partial charge in [0, 0.05) is 18.1 Å². The Morgan fingerprint density at radius 1 is 1.82 bits per heavy atom. The molecule has 0 aromatic carbocycles. The highest BCUT2D eigenvalue weighted by Crippen LogP contribution is 1.95. The van der Waals surface area contributed by atoms with Crippen molar-refractivity contribution in [2.45, 2.75) is 6.92 Å². The van der Waals surface area contributed by atoms with Gasteiger partial charge in [0.2, 0.25) is 0 Å². The fourth-order valence-electron chi connectivity index (χ4n) is 0.643. The summed E-state index contributed by atoms with van der Waals surface area (Å²) in [5.41, 5.74) is 6.42. The van der Waals surface area contributed by atoms with Crippen LogP contribution < -0.4 is 10.5 Å². The minimum absolute atomic E-state index is 0.183. The molecule has 0 radical (unpaired) electrons. The average Bonchev–Trinajstić information content (AvgIpc) is 2.18. The maximum Gasteiger partial charge on any atom is 0.192 e. The number of thiazole rings is 1. The first kappa shape index (κ1) is 8.42. The van der Waals surface area contributed by atoms with Crippen LogP contribution in [0.1, 0.15) is 5.69 Å². The molecule has 2 N–H and O–H groups in total. The fraction of sp³-hybridized carbons (Fsp3) is 0.333. The summed E-state index contributed by atoms with van der Waals surface area (Å²) in [4.78, 5) is 4.81. The van der Waals surface area contributed by atoms with Gasteiger partial charge in [-0.05, 0) is 19.1 Å². The monoisotopic (exact) mass is 187 g/mol. The van der Waals surface area contributed by atoms with Crippen LogP contribution in [0.5, 0.6) is 0 Å². The van der Waals surface area contributed by atoms with Gasteiger partial charge in [0.15, 0.2) is 9.91 Å². The van der Waals surface area contributed by atoms with Crippen molar-refractivity contribution < 1.29 is 0 Å². The molecule has 0 aliphatic rings. The molecule has 60 valence electrons. The summed E-state index contributed by atoms with van der Waals surface area (Å²) in [5, 5.41) is 2.19. The van der Waals surface area contributed by atoms with E-state index in [9.17, 15) is 0 Å². The molecule has 0 saturated carbocycles. The van der Waals surface area contributed by atoms with Gasteiger partial charge < -0.3 is 10.3 Å². The van der Waals surface area contributed by atoms with E-state index in [1.165, 1.54) is 11.3 Å². The number of thiocarbonyl (C=S) groups is 1. The molecule has 0 bridgehead atoms. The molecule has 11 heavy (non-hydrogen) atoms. The Morgan fingerprint density at radius 3 is 2.82 bits per heavy atom. The molecule has 0 aliphatic carbocycles. The lowest BCUT2D eigenvalue weighted by molar-refractivity contribution is 0.838. The minimum atomic E-state index is 0.183. The normalized spacial score (nSPS) is 12.0. The van der Waals surface area contributed by atoms with Gasteiger partial charge in [-0.3, -0.25) is 0 Å². The standard InChI is InChI=1S/C6H9N3S2/c1-4-3-11-6(9(4)2)8-5(7)10/h3H,1-2H3,(H2,7,10)/b8-6-. The van der Waals surface area contributed by atoms with E-state index in [4.69, 9.17) is 5.73 Å². The molecule has 0 aliphatic heterocycles. The summed E-state index contributed by atoms with van der Waals surface area (Å²) in [6.45, 7) is 2.01. The molecule has 0 unspecified atom stereocenters. The molecule has 0 amide bonds. The summed E-state index contributed by atoms with van der Waals surface area (Å²) in [6.07, 6.45) is 0. The highest BCUT2D eigenvalue weighted by atomic mass is 32.1. The average molecular weight is 187 g/mol. The van der Waals surface area contributed by atoms with Gasteiger partial charge in [-0.15, -0.1) is 11.3 Å². The van der Waals surface area contributed by atoms with Crippen molar-refractivity contribution in [1.29, 1.82) is 0 Å². The first-order valence-electron chi connectivity index (χ1n) is 3.06. The van der Waals surface area contributed by atoms with Crippen LogP contribution >= 0.6 is 23.6 Å².